The average molecular weight is 158 g/mol. The molecule has 0 spiro atoms. The van der Waals surface area contributed by atoms with E-state index in [4.69, 9.17) is 12.8 Å². The van der Waals surface area contributed by atoms with Crippen LogP contribution in [0.5, 0.6) is 0 Å². The second kappa shape index (κ2) is 3.19. The molecule has 1 heteroatoms. The zero-order valence-electron chi connectivity index (χ0n) is 5.83. The maximum absolute atomic E-state index is 5.22. The second-order valence-corrected chi connectivity index (χ2v) is 2.53. The summed E-state index contributed by atoms with van der Waals surface area (Å²) in [4.78, 5) is 0.831. The van der Waals surface area contributed by atoms with E-state index in [-0.39, 0.29) is 0 Å². The third-order valence-corrected chi connectivity index (χ3v) is 1.59. The lowest BCUT2D eigenvalue weighted by atomic mass is 10.1. The monoisotopic (exact) mass is 158 g/mol. The van der Waals surface area contributed by atoms with Crippen molar-refractivity contribution in [3.05, 3.63) is 29.3 Å². The van der Waals surface area contributed by atoms with Crippen LogP contribution in [0, 0.1) is 24.7 Å². The van der Waals surface area contributed by atoms with Crippen LogP contribution < -0.4 is 0 Å². The molecule has 0 aliphatic heterocycles. The number of thiol groups is 1. The third-order valence-electron chi connectivity index (χ3n) is 1.31. The first-order chi connectivity index (χ1) is 5.27. The topological polar surface area (TPSA) is 0 Å². The number of rotatable bonds is 0. The highest BCUT2D eigenvalue weighted by atomic mass is 32.1. The van der Waals surface area contributed by atoms with E-state index in [1.54, 1.807) is 12.1 Å². The molecular weight excluding hydrogens is 152 g/mol. The van der Waals surface area contributed by atoms with Crippen molar-refractivity contribution in [2.45, 2.75) is 4.90 Å². The Morgan fingerprint density at radius 3 is 2.27 bits per heavy atom. The summed E-state index contributed by atoms with van der Waals surface area (Å²) in [5, 5.41) is 0. The van der Waals surface area contributed by atoms with Crippen LogP contribution in [-0.4, -0.2) is 0 Å². The molecule has 0 unspecified atom stereocenters. The maximum Gasteiger partial charge on any atom is 0.0410 e. The Hall–Kier alpha value is -1.31. The standard InChI is InChI=1S/C10H6S/c1-3-8-5-6-10(11)7-9(8)4-2/h1-2,5-7,11H. The second-order valence-electron chi connectivity index (χ2n) is 2.02. The normalized spacial score (nSPS) is 8.27. The van der Waals surface area contributed by atoms with E-state index in [0.717, 1.165) is 16.0 Å². The molecule has 0 bridgehead atoms. The maximum atomic E-state index is 5.22. The van der Waals surface area contributed by atoms with E-state index < -0.39 is 0 Å². The van der Waals surface area contributed by atoms with Crippen LogP contribution in [0.1, 0.15) is 11.1 Å². The molecule has 0 fully saturated rings. The Labute approximate surface area is 72.0 Å². The van der Waals surface area contributed by atoms with Crippen LogP contribution in [0.15, 0.2) is 23.1 Å². The highest BCUT2D eigenvalue weighted by Gasteiger charge is 1.95. The fourth-order valence-corrected chi connectivity index (χ4v) is 0.981. The predicted molar refractivity (Wildman–Crippen MR) is 49.6 cm³/mol. The first kappa shape index (κ1) is 7.79. The summed E-state index contributed by atoms with van der Waals surface area (Å²) in [6, 6.07) is 5.38. The van der Waals surface area contributed by atoms with E-state index in [0.29, 0.717) is 0 Å². The third kappa shape index (κ3) is 1.58. The van der Waals surface area contributed by atoms with Crippen molar-refractivity contribution >= 4 is 12.6 Å². The first-order valence-corrected chi connectivity index (χ1v) is 3.49. The Bertz CT molecular complexity index is 350. The molecule has 1 rings (SSSR count). The van der Waals surface area contributed by atoms with Crippen molar-refractivity contribution in [1.82, 2.24) is 0 Å². The van der Waals surface area contributed by atoms with Gasteiger partial charge in [-0.3, -0.25) is 0 Å². The van der Waals surface area contributed by atoms with Gasteiger partial charge in [-0.15, -0.1) is 25.5 Å². The Kier molecular flexibility index (Phi) is 2.26. The molecule has 0 saturated heterocycles. The highest BCUT2D eigenvalue weighted by Crippen LogP contribution is 2.12. The van der Waals surface area contributed by atoms with E-state index in [9.17, 15) is 0 Å². The molecule has 0 saturated carbocycles. The summed E-state index contributed by atoms with van der Waals surface area (Å²) < 4.78 is 0. The van der Waals surface area contributed by atoms with Crippen molar-refractivity contribution in [3.63, 3.8) is 0 Å². The zero-order chi connectivity index (χ0) is 8.27. The molecule has 0 amide bonds. The van der Waals surface area contributed by atoms with Crippen molar-refractivity contribution in [2.24, 2.45) is 0 Å². The summed E-state index contributed by atoms with van der Waals surface area (Å²) >= 11 is 4.13. The molecule has 0 nitrogen and oxygen atoms in total. The Balaban J connectivity index is 3.34. The zero-order valence-corrected chi connectivity index (χ0v) is 6.73. The van der Waals surface area contributed by atoms with Gasteiger partial charge in [-0.05, 0) is 18.2 Å². The molecule has 0 aliphatic carbocycles. The van der Waals surface area contributed by atoms with E-state index in [1.165, 1.54) is 0 Å². The van der Waals surface area contributed by atoms with Crippen molar-refractivity contribution in [1.29, 1.82) is 0 Å². The minimum atomic E-state index is 0.722. The minimum Gasteiger partial charge on any atom is -0.143 e. The largest absolute Gasteiger partial charge is 0.143 e. The Morgan fingerprint density at radius 2 is 1.73 bits per heavy atom. The van der Waals surface area contributed by atoms with Gasteiger partial charge in [0, 0.05) is 16.0 Å². The summed E-state index contributed by atoms with van der Waals surface area (Å²) in [5.41, 5.74) is 1.46. The first-order valence-electron chi connectivity index (χ1n) is 3.04. The van der Waals surface area contributed by atoms with Gasteiger partial charge in [0.2, 0.25) is 0 Å². The molecular formula is C10H6S. The van der Waals surface area contributed by atoms with E-state index >= 15 is 0 Å². The van der Waals surface area contributed by atoms with E-state index in [1.807, 2.05) is 6.07 Å². The number of hydrogen-bond acceptors (Lipinski definition) is 1. The van der Waals surface area contributed by atoms with Gasteiger partial charge in [0.25, 0.3) is 0 Å². The van der Waals surface area contributed by atoms with Gasteiger partial charge in [-0.25, -0.2) is 0 Å². The van der Waals surface area contributed by atoms with Gasteiger partial charge in [-0.1, -0.05) is 11.8 Å². The lowest BCUT2D eigenvalue weighted by molar-refractivity contribution is 1.43. The van der Waals surface area contributed by atoms with Crippen LogP contribution in [-0.2, 0) is 0 Å². The van der Waals surface area contributed by atoms with Crippen LogP contribution in [0.3, 0.4) is 0 Å². The fraction of sp³-hybridized carbons (Fsp3) is 0. The summed E-state index contributed by atoms with van der Waals surface area (Å²) in [7, 11) is 0. The molecule has 0 radical (unpaired) electrons. The van der Waals surface area contributed by atoms with Crippen LogP contribution in [0.2, 0.25) is 0 Å². The molecule has 52 valence electrons. The summed E-state index contributed by atoms with van der Waals surface area (Å²) in [6.45, 7) is 0. The fourth-order valence-electron chi connectivity index (χ4n) is 0.778. The van der Waals surface area contributed by atoms with Crippen LogP contribution in [0.25, 0.3) is 0 Å². The number of hydrogen-bond donors (Lipinski definition) is 1. The molecule has 0 aliphatic rings. The average Bonchev–Trinajstić information content (AvgIpc) is 2.04. The number of benzene rings is 1. The van der Waals surface area contributed by atoms with Crippen molar-refractivity contribution in [3.8, 4) is 24.7 Å². The van der Waals surface area contributed by atoms with Crippen LogP contribution >= 0.6 is 12.6 Å². The van der Waals surface area contributed by atoms with E-state index in [2.05, 4.69) is 24.5 Å². The molecule has 0 N–H and O–H groups in total. The molecule has 0 atom stereocenters. The predicted octanol–water partition coefficient (Wildman–Crippen LogP) is 1.94. The lowest BCUT2D eigenvalue weighted by Gasteiger charge is -1.96. The van der Waals surface area contributed by atoms with Gasteiger partial charge in [0.05, 0.1) is 0 Å². The molecule has 11 heavy (non-hydrogen) atoms. The van der Waals surface area contributed by atoms with Gasteiger partial charge < -0.3 is 0 Å². The SMILES string of the molecule is C#Cc1ccc(S)cc1C#C. The molecule has 0 heterocycles. The van der Waals surface area contributed by atoms with Gasteiger partial charge in [0.1, 0.15) is 0 Å². The van der Waals surface area contributed by atoms with Crippen molar-refractivity contribution in [2.75, 3.05) is 0 Å². The molecule has 1 aromatic carbocycles. The Morgan fingerprint density at radius 1 is 1.09 bits per heavy atom. The minimum absolute atomic E-state index is 0.722. The quantitative estimate of drug-likeness (QED) is 0.433. The summed E-state index contributed by atoms with van der Waals surface area (Å²) in [6.07, 6.45) is 10.4. The highest BCUT2D eigenvalue weighted by molar-refractivity contribution is 7.80. The van der Waals surface area contributed by atoms with Crippen LogP contribution in [0.4, 0.5) is 0 Å². The number of terminal acetylenes is 2. The van der Waals surface area contributed by atoms with Gasteiger partial charge >= 0.3 is 0 Å². The lowest BCUT2D eigenvalue weighted by Crippen LogP contribution is -1.81. The van der Waals surface area contributed by atoms with Crippen molar-refractivity contribution < 1.29 is 0 Å². The smallest absolute Gasteiger partial charge is 0.0410 e. The summed E-state index contributed by atoms with van der Waals surface area (Å²) in [5.74, 6) is 4.99. The van der Waals surface area contributed by atoms with Gasteiger partial charge in [0.15, 0.2) is 0 Å². The molecule has 0 aromatic heterocycles. The van der Waals surface area contributed by atoms with Gasteiger partial charge in [-0.2, -0.15) is 0 Å². The molecule has 1 aromatic rings.